The van der Waals surface area contributed by atoms with Crippen LogP contribution in [0.1, 0.15) is 29.6 Å². The summed E-state index contributed by atoms with van der Waals surface area (Å²) >= 11 is 0. The predicted molar refractivity (Wildman–Crippen MR) is 115 cm³/mol. The maximum atomic E-state index is 12.7. The maximum absolute atomic E-state index is 12.7. The average Bonchev–Trinajstić information content (AvgIpc) is 2.74. The normalized spacial score (nSPS) is 13.9. The highest BCUT2D eigenvalue weighted by atomic mass is 16.2. The van der Waals surface area contributed by atoms with Gasteiger partial charge in [0.2, 0.25) is 0 Å². The Kier molecular flexibility index (Phi) is 5.29. The number of hydrogen-bond acceptors (Lipinski definition) is 4. The van der Waals surface area contributed by atoms with Crippen LogP contribution in [0.5, 0.6) is 0 Å². The number of fused-ring (bicyclic) bond motifs is 1. The molecular weight excluding hydrogens is 366 g/mol. The number of pyridine rings is 1. The summed E-state index contributed by atoms with van der Waals surface area (Å²) in [6.07, 6.45) is 7.25. The first-order valence-electron chi connectivity index (χ1n) is 9.71. The molecule has 0 aliphatic carbocycles. The van der Waals surface area contributed by atoms with Crippen LogP contribution in [0, 0.1) is 0 Å². The first kappa shape index (κ1) is 18.7. The van der Waals surface area contributed by atoms with E-state index in [0.29, 0.717) is 11.3 Å². The molecule has 1 saturated heterocycles. The molecule has 1 aromatic heterocycles. The van der Waals surface area contributed by atoms with E-state index in [0.717, 1.165) is 29.5 Å². The fourth-order valence-electron chi connectivity index (χ4n) is 3.74. The third kappa shape index (κ3) is 4.13. The van der Waals surface area contributed by atoms with Crippen LogP contribution in [-0.4, -0.2) is 30.0 Å². The smallest absolute Gasteiger partial charge is 0.316 e. The van der Waals surface area contributed by atoms with E-state index in [4.69, 9.17) is 5.73 Å². The summed E-state index contributed by atoms with van der Waals surface area (Å²) < 4.78 is 0. The summed E-state index contributed by atoms with van der Waals surface area (Å²) in [5.41, 5.74) is 8.03. The second-order valence-electron chi connectivity index (χ2n) is 7.12. The molecule has 0 saturated carbocycles. The van der Waals surface area contributed by atoms with Crippen LogP contribution in [0.15, 0.2) is 54.9 Å². The number of hydrogen-bond donors (Lipinski definition) is 3. The number of piperidine rings is 1. The average molecular weight is 389 g/mol. The van der Waals surface area contributed by atoms with E-state index < -0.39 is 6.03 Å². The first-order chi connectivity index (χ1) is 14.1. The molecule has 1 fully saturated rings. The summed E-state index contributed by atoms with van der Waals surface area (Å²) in [7, 11) is 0. The van der Waals surface area contributed by atoms with Gasteiger partial charge >= 0.3 is 6.03 Å². The third-order valence-corrected chi connectivity index (χ3v) is 5.15. The summed E-state index contributed by atoms with van der Waals surface area (Å²) in [6, 6.07) is 11.9. The number of nitrogens with one attached hydrogen (secondary N) is 2. The van der Waals surface area contributed by atoms with Gasteiger partial charge in [0.15, 0.2) is 0 Å². The minimum Gasteiger partial charge on any atom is -0.371 e. The fraction of sp³-hybridized carbons (Fsp3) is 0.227. The quantitative estimate of drug-likeness (QED) is 0.628. The van der Waals surface area contributed by atoms with Gasteiger partial charge in [0.1, 0.15) is 0 Å². The number of carbonyl (C=O) groups excluding carboxylic acids is 2. The van der Waals surface area contributed by atoms with E-state index >= 15 is 0 Å². The first-order valence-corrected chi connectivity index (χ1v) is 9.71. The summed E-state index contributed by atoms with van der Waals surface area (Å²) in [4.78, 5) is 30.3. The van der Waals surface area contributed by atoms with Crippen LogP contribution in [-0.2, 0) is 0 Å². The Morgan fingerprint density at radius 1 is 0.897 bits per heavy atom. The van der Waals surface area contributed by atoms with Gasteiger partial charge in [0, 0.05) is 53.2 Å². The highest BCUT2D eigenvalue weighted by molar-refractivity contribution is 6.11. The number of benzene rings is 2. The number of urea groups is 1. The largest absolute Gasteiger partial charge is 0.371 e. The molecule has 2 heterocycles. The Morgan fingerprint density at radius 3 is 2.38 bits per heavy atom. The van der Waals surface area contributed by atoms with Crippen molar-refractivity contribution in [2.75, 3.05) is 28.6 Å². The van der Waals surface area contributed by atoms with Crippen molar-refractivity contribution in [1.29, 1.82) is 0 Å². The fourth-order valence-corrected chi connectivity index (χ4v) is 3.74. The number of carbonyl (C=O) groups is 2. The molecule has 1 aliphatic heterocycles. The van der Waals surface area contributed by atoms with Crippen LogP contribution in [0.25, 0.3) is 10.8 Å². The summed E-state index contributed by atoms with van der Waals surface area (Å²) in [5, 5.41) is 7.46. The predicted octanol–water partition coefficient (Wildman–Crippen LogP) is 3.97. The third-order valence-electron chi connectivity index (χ3n) is 5.15. The Hall–Kier alpha value is -3.61. The number of aromatic nitrogens is 1. The molecule has 0 radical (unpaired) electrons. The topological polar surface area (TPSA) is 100 Å². The van der Waals surface area contributed by atoms with Crippen LogP contribution in [0.3, 0.4) is 0 Å². The molecule has 0 bridgehead atoms. The molecule has 0 unspecified atom stereocenters. The van der Waals surface area contributed by atoms with E-state index in [9.17, 15) is 9.59 Å². The van der Waals surface area contributed by atoms with Crippen molar-refractivity contribution < 1.29 is 9.59 Å². The molecule has 3 amide bonds. The minimum atomic E-state index is -0.644. The zero-order chi connectivity index (χ0) is 20.2. The van der Waals surface area contributed by atoms with Gasteiger partial charge < -0.3 is 21.3 Å². The van der Waals surface area contributed by atoms with Gasteiger partial charge in [-0.3, -0.25) is 9.78 Å². The van der Waals surface area contributed by atoms with Gasteiger partial charge in [-0.05, 0) is 61.7 Å². The molecule has 4 rings (SSSR count). The summed E-state index contributed by atoms with van der Waals surface area (Å²) in [5.74, 6) is -0.230. The molecule has 2 aromatic carbocycles. The van der Waals surface area contributed by atoms with Gasteiger partial charge in [0.05, 0.1) is 5.69 Å². The Morgan fingerprint density at radius 2 is 1.66 bits per heavy atom. The highest BCUT2D eigenvalue weighted by Crippen LogP contribution is 2.33. The maximum Gasteiger partial charge on any atom is 0.316 e. The van der Waals surface area contributed by atoms with Crippen molar-refractivity contribution in [3.63, 3.8) is 0 Å². The van der Waals surface area contributed by atoms with Crippen LogP contribution in [0.2, 0.25) is 0 Å². The Bertz CT molecular complexity index is 1040. The van der Waals surface area contributed by atoms with E-state index in [1.165, 1.54) is 24.9 Å². The molecule has 4 N–H and O–H groups in total. The number of rotatable bonds is 4. The van der Waals surface area contributed by atoms with Crippen molar-refractivity contribution >= 4 is 39.8 Å². The Balaban J connectivity index is 1.59. The van der Waals surface area contributed by atoms with E-state index in [-0.39, 0.29) is 5.91 Å². The van der Waals surface area contributed by atoms with Gasteiger partial charge in [-0.2, -0.15) is 0 Å². The van der Waals surface area contributed by atoms with Gasteiger partial charge in [-0.25, -0.2) is 4.79 Å². The molecule has 1 aliphatic rings. The van der Waals surface area contributed by atoms with Gasteiger partial charge in [0.25, 0.3) is 5.91 Å². The van der Waals surface area contributed by atoms with Gasteiger partial charge in [-0.15, -0.1) is 0 Å². The number of nitrogens with zero attached hydrogens (tertiary/aromatic N) is 2. The number of anilines is 3. The van der Waals surface area contributed by atoms with Crippen LogP contribution < -0.4 is 21.3 Å². The Labute approximate surface area is 168 Å². The second-order valence-corrected chi connectivity index (χ2v) is 7.12. The van der Waals surface area contributed by atoms with Crippen LogP contribution in [0.4, 0.5) is 21.9 Å². The SMILES string of the molecule is NC(=O)Nc1ccc(C(=O)Nc2ccc(N3CCCCC3)c3ccncc23)cc1. The van der Waals surface area contributed by atoms with Crippen molar-refractivity contribution in [2.45, 2.75) is 19.3 Å². The van der Waals surface area contributed by atoms with E-state index in [2.05, 4.69) is 26.6 Å². The van der Waals surface area contributed by atoms with E-state index in [1.807, 2.05) is 12.1 Å². The lowest BCUT2D eigenvalue weighted by Gasteiger charge is -2.30. The van der Waals surface area contributed by atoms with Crippen molar-refractivity contribution in [3.05, 3.63) is 60.4 Å². The molecular formula is C22H23N5O2. The molecule has 3 aromatic rings. The number of nitrogens with two attached hydrogens (primary N) is 1. The molecule has 7 nitrogen and oxygen atoms in total. The minimum absolute atomic E-state index is 0.230. The lowest BCUT2D eigenvalue weighted by atomic mass is 10.0. The van der Waals surface area contributed by atoms with Crippen molar-refractivity contribution in [3.8, 4) is 0 Å². The monoisotopic (exact) mass is 389 g/mol. The van der Waals surface area contributed by atoms with E-state index in [1.54, 1.807) is 36.7 Å². The summed E-state index contributed by atoms with van der Waals surface area (Å²) in [6.45, 7) is 2.10. The van der Waals surface area contributed by atoms with Crippen LogP contribution >= 0.6 is 0 Å². The molecule has 7 heteroatoms. The van der Waals surface area contributed by atoms with Gasteiger partial charge in [-0.1, -0.05) is 0 Å². The lowest BCUT2D eigenvalue weighted by molar-refractivity contribution is 0.102. The standard InChI is InChI=1S/C22H23N5O2/c23-22(29)25-16-6-4-15(5-7-16)21(28)26-19-8-9-20(27-12-2-1-3-13-27)17-10-11-24-14-18(17)19/h4-11,14H,1-3,12-13H2,(H,26,28)(H3,23,25,29). The number of primary amides is 1. The molecule has 29 heavy (non-hydrogen) atoms. The highest BCUT2D eigenvalue weighted by Gasteiger charge is 2.16. The molecule has 0 spiro atoms. The lowest BCUT2D eigenvalue weighted by Crippen LogP contribution is -2.29. The zero-order valence-electron chi connectivity index (χ0n) is 16.0. The van der Waals surface area contributed by atoms with Crippen molar-refractivity contribution in [2.24, 2.45) is 5.73 Å². The van der Waals surface area contributed by atoms with Crippen molar-refractivity contribution in [1.82, 2.24) is 4.98 Å². The second kappa shape index (κ2) is 8.18. The number of amides is 3. The molecule has 0 atom stereocenters. The molecule has 148 valence electrons. The zero-order valence-corrected chi connectivity index (χ0v) is 16.0.